The minimum absolute atomic E-state index is 0.360. The summed E-state index contributed by atoms with van der Waals surface area (Å²) in [6.45, 7) is 0. The molecule has 0 radical (unpaired) electrons. The zero-order valence-electron chi connectivity index (χ0n) is 12.9. The van der Waals surface area contributed by atoms with Gasteiger partial charge in [-0.2, -0.15) is 0 Å². The zero-order valence-corrected chi connectivity index (χ0v) is 14.5. The Balaban J connectivity index is 1.88. The number of carbonyl (C=O) groups excluding carboxylic acids is 1. The van der Waals surface area contributed by atoms with E-state index in [4.69, 9.17) is 9.47 Å². The van der Waals surface area contributed by atoms with Crippen LogP contribution in [0.25, 0.3) is 10.1 Å². The van der Waals surface area contributed by atoms with E-state index in [1.54, 1.807) is 18.9 Å². The molecule has 0 saturated heterocycles. The first-order valence-corrected chi connectivity index (χ1v) is 8.88. The van der Waals surface area contributed by atoms with Crippen molar-refractivity contribution in [3.8, 4) is 5.75 Å². The van der Waals surface area contributed by atoms with E-state index < -0.39 is 0 Å². The molecule has 23 heavy (non-hydrogen) atoms. The Bertz CT molecular complexity index is 825. The molecule has 1 aromatic heterocycles. The second kappa shape index (κ2) is 7.06. The Morgan fingerprint density at radius 3 is 2.61 bits per heavy atom. The Kier molecular flexibility index (Phi) is 4.88. The van der Waals surface area contributed by atoms with Gasteiger partial charge in [0.15, 0.2) is 10.6 Å². The molecule has 2 aromatic carbocycles. The Hall–Kier alpha value is -1.98. The van der Waals surface area contributed by atoms with E-state index in [9.17, 15) is 4.79 Å². The smallest absolute Gasteiger partial charge is 0.351 e. The van der Waals surface area contributed by atoms with Crippen LogP contribution in [0.1, 0.15) is 15.2 Å². The first-order chi connectivity index (χ1) is 11.2. The average molecular weight is 344 g/mol. The third-order valence-corrected chi connectivity index (χ3v) is 5.62. The molecule has 3 rings (SSSR count). The lowest BCUT2D eigenvalue weighted by atomic mass is 10.2. The highest BCUT2D eigenvalue weighted by Crippen LogP contribution is 2.40. The highest BCUT2D eigenvalue weighted by molar-refractivity contribution is 7.98. The van der Waals surface area contributed by atoms with E-state index in [1.165, 1.54) is 28.9 Å². The summed E-state index contributed by atoms with van der Waals surface area (Å²) in [5.74, 6) is 1.15. The lowest BCUT2D eigenvalue weighted by molar-refractivity contribution is 0.0603. The second-order valence-corrected chi connectivity index (χ2v) is 6.99. The lowest BCUT2D eigenvalue weighted by Gasteiger charge is -2.03. The number of thioether (sulfide) groups is 1. The molecule has 0 aliphatic carbocycles. The van der Waals surface area contributed by atoms with Gasteiger partial charge in [0, 0.05) is 20.7 Å². The van der Waals surface area contributed by atoms with Gasteiger partial charge in [-0.1, -0.05) is 30.3 Å². The summed E-state index contributed by atoms with van der Waals surface area (Å²) in [5.41, 5.74) is 1.29. The fourth-order valence-electron chi connectivity index (χ4n) is 2.31. The van der Waals surface area contributed by atoms with E-state index in [1.807, 2.05) is 24.3 Å². The van der Waals surface area contributed by atoms with E-state index in [2.05, 4.69) is 24.3 Å². The van der Waals surface area contributed by atoms with E-state index in [0.717, 1.165) is 15.8 Å². The number of benzene rings is 2. The van der Waals surface area contributed by atoms with Crippen LogP contribution >= 0.6 is 23.1 Å². The van der Waals surface area contributed by atoms with Gasteiger partial charge in [-0.3, -0.25) is 0 Å². The molecule has 0 bridgehead atoms. The fraction of sp³-hybridized carbons (Fsp3) is 0.167. The third-order valence-electron chi connectivity index (χ3n) is 3.44. The molecule has 0 fully saturated rings. The van der Waals surface area contributed by atoms with Crippen LogP contribution in [-0.2, 0) is 10.5 Å². The second-order valence-electron chi connectivity index (χ2n) is 4.89. The summed E-state index contributed by atoms with van der Waals surface area (Å²) >= 11 is 3.18. The average Bonchev–Trinajstić information content (AvgIpc) is 2.98. The number of thiophene rings is 1. The van der Waals surface area contributed by atoms with Crippen LogP contribution in [0.3, 0.4) is 0 Å². The van der Waals surface area contributed by atoms with Crippen molar-refractivity contribution in [2.45, 2.75) is 10.6 Å². The van der Waals surface area contributed by atoms with Gasteiger partial charge in [0.2, 0.25) is 0 Å². The molecule has 0 aliphatic rings. The number of methoxy groups -OCH3 is 2. The van der Waals surface area contributed by atoms with Gasteiger partial charge in [0.25, 0.3) is 0 Å². The summed E-state index contributed by atoms with van der Waals surface area (Å²) in [6.07, 6.45) is 0. The van der Waals surface area contributed by atoms with Crippen LogP contribution in [0.5, 0.6) is 5.75 Å². The number of esters is 1. The quantitative estimate of drug-likeness (QED) is 0.482. The molecular weight excluding hydrogens is 328 g/mol. The standard InChI is InChI=1S/C18H16O3S2/c1-20-16-14-9-8-13(22-11-12-6-4-3-5-7-12)10-15(14)23-17(16)18(19)21-2/h3-10H,11H2,1-2H3. The van der Waals surface area contributed by atoms with Crippen LogP contribution in [0.2, 0.25) is 0 Å². The molecule has 118 valence electrons. The van der Waals surface area contributed by atoms with E-state index >= 15 is 0 Å². The van der Waals surface area contributed by atoms with Crippen LogP contribution in [0.4, 0.5) is 0 Å². The fourth-order valence-corrected chi connectivity index (χ4v) is 4.41. The molecule has 0 aliphatic heterocycles. The molecule has 0 spiro atoms. The van der Waals surface area contributed by atoms with Gasteiger partial charge >= 0.3 is 5.97 Å². The SMILES string of the molecule is COC(=O)c1sc2cc(SCc3ccccc3)ccc2c1OC. The number of rotatable bonds is 5. The van der Waals surface area contributed by atoms with Gasteiger partial charge in [-0.15, -0.1) is 23.1 Å². The highest BCUT2D eigenvalue weighted by Gasteiger charge is 2.20. The lowest BCUT2D eigenvalue weighted by Crippen LogP contribution is -2.00. The third kappa shape index (κ3) is 3.35. The number of ether oxygens (including phenoxy) is 2. The summed E-state index contributed by atoms with van der Waals surface area (Å²) in [5, 5.41) is 0.946. The van der Waals surface area contributed by atoms with Gasteiger partial charge in [0.05, 0.1) is 14.2 Å². The van der Waals surface area contributed by atoms with Crippen molar-refractivity contribution < 1.29 is 14.3 Å². The molecule has 0 unspecified atom stereocenters. The molecule has 1 heterocycles. The number of hydrogen-bond acceptors (Lipinski definition) is 5. The van der Waals surface area contributed by atoms with Crippen LogP contribution in [0.15, 0.2) is 53.4 Å². The number of hydrogen-bond donors (Lipinski definition) is 0. The minimum atomic E-state index is -0.360. The van der Waals surface area contributed by atoms with Crippen LogP contribution in [-0.4, -0.2) is 20.2 Å². The van der Waals surface area contributed by atoms with Crippen LogP contribution < -0.4 is 4.74 Å². The first-order valence-electron chi connectivity index (χ1n) is 7.08. The summed E-state index contributed by atoms with van der Waals surface area (Å²) in [4.78, 5) is 13.5. The first kappa shape index (κ1) is 15.9. The molecule has 0 saturated carbocycles. The van der Waals surface area contributed by atoms with Crippen molar-refractivity contribution in [3.05, 3.63) is 59.0 Å². The van der Waals surface area contributed by atoms with Crippen molar-refractivity contribution >= 4 is 39.2 Å². The normalized spacial score (nSPS) is 10.7. The zero-order chi connectivity index (χ0) is 16.2. The highest BCUT2D eigenvalue weighted by atomic mass is 32.2. The molecule has 0 N–H and O–H groups in total. The maximum absolute atomic E-state index is 11.9. The maximum Gasteiger partial charge on any atom is 0.351 e. The molecule has 0 amide bonds. The monoisotopic (exact) mass is 344 g/mol. The summed E-state index contributed by atoms with van der Waals surface area (Å²) in [7, 11) is 2.96. The Morgan fingerprint density at radius 1 is 1.13 bits per heavy atom. The van der Waals surface area contributed by atoms with E-state index in [-0.39, 0.29) is 5.97 Å². The molecule has 0 atom stereocenters. The Morgan fingerprint density at radius 2 is 1.91 bits per heavy atom. The van der Waals surface area contributed by atoms with Crippen LogP contribution in [0, 0.1) is 0 Å². The van der Waals surface area contributed by atoms with Crippen molar-refractivity contribution in [1.82, 2.24) is 0 Å². The molecule has 3 aromatic rings. The van der Waals surface area contributed by atoms with Crippen molar-refractivity contribution in [2.24, 2.45) is 0 Å². The molecule has 5 heteroatoms. The Labute approximate surface area is 143 Å². The predicted octanol–water partition coefficient (Wildman–Crippen LogP) is 4.99. The summed E-state index contributed by atoms with van der Waals surface area (Å²) < 4.78 is 11.3. The summed E-state index contributed by atoms with van der Waals surface area (Å²) in [6, 6.07) is 16.5. The number of fused-ring (bicyclic) bond motifs is 1. The predicted molar refractivity (Wildman–Crippen MR) is 95.7 cm³/mol. The molecular formula is C18H16O3S2. The maximum atomic E-state index is 11.9. The van der Waals surface area contributed by atoms with Crippen molar-refractivity contribution in [1.29, 1.82) is 0 Å². The van der Waals surface area contributed by atoms with Gasteiger partial charge < -0.3 is 9.47 Å². The minimum Gasteiger partial charge on any atom is -0.494 e. The van der Waals surface area contributed by atoms with E-state index in [0.29, 0.717) is 10.6 Å². The molecule has 3 nitrogen and oxygen atoms in total. The van der Waals surface area contributed by atoms with Crippen molar-refractivity contribution in [3.63, 3.8) is 0 Å². The van der Waals surface area contributed by atoms with Gasteiger partial charge in [0.1, 0.15) is 0 Å². The van der Waals surface area contributed by atoms with Crippen molar-refractivity contribution in [2.75, 3.05) is 14.2 Å². The van der Waals surface area contributed by atoms with Gasteiger partial charge in [-0.25, -0.2) is 4.79 Å². The van der Waals surface area contributed by atoms with Gasteiger partial charge in [-0.05, 0) is 23.8 Å². The topological polar surface area (TPSA) is 35.5 Å². The number of carbonyl (C=O) groups is 1. The largest absolute Gasteiger partial charge is 0.494 e.